The summed E-state index contributed by atoms with van der Waals surface area (Å²) < 4.78 is 5.40. The van der Waals surface area contributed by atoms with Gasteiger partial charge in [0.05, 0.1) is 12.8 Å². The fraction of sp³-hybridized carbons (Fsp3) is 0.267. The molecule has 1 aliphatic heterocycles. The molecule has 0 bridgehead atoms. The first-order chi connectivity index (χ1) is 9.33. The van der Waals surface area contributed by atoms with E-state index in [4.69, 9.17) is 15.3 Å². The summed E-state index contributed by atoms with van der Waals surface area (Å²) in [5.41, 5.74) is 7.66. The van der Waals surface area contributed by atoms with E-state index in [1.54, 1.807) is 7.11 Å². The summed E-state index contributed by atoms with van der Waals surface area (Å²) in [5.74, 6) is 0.870. The minimum absolute atomic E-state index is 0.00383. The summed E-state index contributed by atoms with van der Waals surface area (Å²) in [6.45, 7) is 0.487. The largest absolute Gasteiger partial charge is 0.496 e. The second-order valence-corrected chi connectivity index (χ2v) is 4.57. The van der Waals surface area contributed by atoms with Crippen molar-refractivity contribution in [1.29, 1.82) is 0 Å². The molecule has 3 rings (SSSR count). The van der Waals surface area contributed by atoms with Crippen LogP contribution < -0.4 is 10.5 Å². The van der Waals surface area contributed by atoms with E-state index in [1.165, 1.54) is 0 Å². The Hall–Kier alpha value is -2.07. The maximum absolute atomic E-state index is 5.61. The molecule has 4 nitrogen and oxygen atoms in total. The van der Waals surface area contributed by atoms with E-state index in [0.29, 0.717) is 6.54 Å². The van der Waals surface area contributed by atoms with Gasteiger partial charge in [-0.25, -0.2) is 0 Å². The first kappa shape index (κ1) is 12.0. The Morgan fingerprint density at radius 3 is 2.74 bits per heavy atom. The fourth-order valence-electron chi connectivity index (χ4n) is 2.41. The topological polar surface area (TPSA) is 56.8 Å². The maximum Gasteiger partial charge on any atom is 0.145 e. The fourth-order valence-corrected chi connectivity index (χ4v) is 2.41. The lowest BCUT2D eigenvalue weighted by Gasteiger charge is -2.09. The summed E-state index contributed by atoms with van der Waals surface area (Å²) >= 11 is 0. The lowest BCUT2D eigenvalue weighted by atomic mass is 9.97. The molecular formula is C15H16N2O2. The standard InChI is InChI=1S/C15H16N2O2/c1-18-15-7-6-12(11-4-2-3-5-13(11)15)14-8-10(9-16)19-17-14/h2-7,10H,8-9,16H2,1H3. The van der Waals surface area contributed by atoms with Crippen molar-refractivity contribution < 1.29 is 9.57 Å². The molecule has 0 aromatic heterocycles. The van der Waals surface area contributed by atoms with Crippen molar-refractivity contribution in [2.24, 2.45) is 10.9 Å². The Bertz CT molecular complexity index is 637. The lowest BCUT2D eigenvalue weighted by molar-refractivity contribution is 0.0918. The Morgan fingerprint density at radius 1 is 1.26 bits per heavy atom. The van der Waals surface area contributed by atoms with E-state index >= 15 is 0 Å². The molecule has 1 unspecified atom stereocenters. The Balaban J connectivity index is 2.11. The van der Waals surface area contributed by atoms with Crippen LogP contribution in [0.2, 0.25) is 0 Å². The highest BCUT2D eigenvalue weighted by molar-refractivity contribution is 6.12. The predicted octanol–water partition coefficient (Wildman–Crippen LogP) is 2.30. The van der Waals surface area contributed by atoms with Gasteiger partial charge in [-0.1, -0.05) is 29.4 Å². The molecule has 98 valence electrons. The number of hydrogen-bond donors (Lipinski definition) is 1. The summed E-state index contributed by atoms with van der Waals surface area (Å²) in [6, 6.07) is 12.1. The Morgan fingerprint density at radius 2 is 2.05 bits per heavy atom. The van der Waals surface area contributed by atoms with Crippen molar-refractivity contribution in [1.82, 2.24) is 0 Å². The van der Waals surface area contributed by atoms with Crippen molar-refractivity contribution in [3.63, 3.8) is 0 Å². The van der Waals surface area contributed by atoms with Crippen LogP contribution in [0.15, 0.2) is 41.6 Å². The van der Waals surface area contributed by atoms with Gasteiger partial charge in [0.25, 0.3) is 0 Å². The highest BCUT2D eigenvalue weighted by Gasteiger charge is 2.22. The molecule has 0 fully saturated rings. The van der Waals surface area contributed by atoms with Crippen LogP contribution in [0.1, 0.15) is 12.0 Å². The van der Waals surface area contributed by atoms with Gasteiger partial charge in [-0.05, 0) is 17.5 Å². The third-order valence-corrected chi connectivity index (χ3v) is 3.41. The average Bonchev–Trinajstić information content (AvgIpc) is 2.95. The highest BCUT2D eigenvalue weighted by atomic mass is 16.6. The normalized spacial score (nSPS) is 18.2. The van der Waals surface area contributed by atoms with Crippen molar-refractivity contribution in [2.75, 3.05) is 13.7 Å². The van der Waals surface area contributed by atoms with Crippen LogP contribution in [-0.2, 0) is 4.84 Å². The van der Waals surface area contributed by atoms with Gasteiger partial charge < -0.3 is 15.3 Å². The van der Waals surface area contributed by atoms with Crippen LogP contribution in [0.5, 0.6) is 5.75 Å². The van der Waals surface area contributed by atoms with Gasteiger partial charge in [0, 0.05) is 23.9 Å². The van der Waals surface area contributed by atoms with E-state index in [-0.39, 0.29) is 6.10 Å². The van der Waals surface area contributed by atoms with Crippen LogP contribution in [0.4, 0.5) is 0 Å². The molecule has 1 heterocycles. The molecule has 1 aliphatic rings. The number of benzene rings is 2. The second kappa shape index (κ2) is 4.90. The van der Waals surface area contributed by atoms with Crippen LogP contribution in [0.3, 0.4) is 0 Å². The van der Waals surface area contributed by atoms with Gasteiger partial charge >= 0.3 is 0 Å². The third-order valence-electron chi connectivity index (χ3n) is 3.41. The molecule has 19 heavy (non-hydrogen) atoms. The van der Waals surface area contributed by atoms with Gasteiger partial charge in [-0.15, -0.1) is 0 Å². The molecule has 0 saturated carbocycles. The monoisotopic (exact) mass is 256 g/mol. The van der Waals surface area contributed by atoms with Crippen LogP contribution >= 0.6 is 0 Å². The number of ether oxygens (including phenoxy) is 1. The quantitative estimate of drug-likeness (QED) is 0.916. The van der Waals surface area contributed by atoms with E-state index in [0.717, 1.165) is 34.2 Å². The molecule has 4 heteroatoms. The number of rotatable bonds is 3. The molecule has 0 spiro atoms. The first-order valence-electron chi connectivity index (χ1n) is 6.32. The summed E-state index contributed by atoms with van der Waals surface area (Å²) in [5, 5.41) is 6.37. The molecule has 0 saturated heterocycles. The molecule has 2 N–H and O–H groups in total. The SMILES string of the molecule is COc1ccc(C2=NOC(CN)C2)c2ccccc12. The molecular weight excluding hydrogens is 240 g/mol. The minimum atomic E-state index is -0.00383. The minimum Gasteiger partial charge on any atom is -0.496 e. The zero-order valence-corrected chi connectivity index (χ0v) is 10.8. The lowest BCUT2D eigenvalue weighted by Crippen LogP contribution is -2.20. The van der Waals surface area contributed by atoms with Crippen molar-refractivity contribution in [2.45, 2.75) is 12.5 Å². The van der Waals surface area contributed by atoms with Crippen molar-refractivity contribution in [3.05, 3.63) is 42.0 Å². The maximum atomic E-state index is 5.61. The molecule has 2 aromatic rings. The third kappa shape index (κ3) is 2.04. The van der Waals surface area contributed by atoms with Gasteiger partial charge in [0.2, 0.25) is 0 Å². The van der Waals surface area contributed by atoms with Gasteiger partial charge in [-0.3, -0.25) is 0 Å². The zero-order chi connectivity index (χ0) is 13.2. The van der Waals surface area contributed by atoms with Crippen molar-refractivity contribution >= 4 is 16.5 Å². The molecule has 0 radical (unpaired) electrons. The molecule has 0 amide bonds. The van der Waals surface area contributed by atoms with Gasteiger partial charge in [-0.2, -0.15) is 0 Å². The van der Waals surface area contributed by atoms with Crippen LogP contribution in [-0.4, -0.2) is 25.5 Å². The van der Waals surface area contributed by atoms with E-state index in [1.807, 2.05) is 24.3 Å². The van der Waals surface area contributed by atoms with Gasteiger partial charge in [0.1, 0.15) is 11.9 Å². The van der Waals surface area contributed by atoms with E-state index < -0.39 is 0 Å². The van der Waals surface area contributed by atoms with E-state index in [2.05, 4.69) is 17.3 Å². The number of hydrogen-bond acceptors (Lipinski definition) is 4. The molecule has 1 atom stereocenters. The smallest absolute Gasteiger partial charge is 0.145 e. The number of fused-ring (bicyclic) bond motifs is 1. The number of oxime groups is 1. The number of nitrogens with two attached hydrogens (primary N) is 1. The summed E-state index contributed by atoms with van der Waals surface area (Å²) in [6.07, 6.45) is 0.753. The molecule has 0 aliphatic carbocycles. The summed E-state index contributed by atoms with van der Waals surface area (Å²) in [7, 11) is 1.68. The number of methoxy groups -OCH3 is 1. The molecule has 2 aromatic carbocycles. The summed E-state index contributed by atoms with van der Waals surface area (Å²) in [4.78, 5) is 5.31. The second-order valence-electron chi connectivity index (χ2n) is 4.57. The van der Waals surface area contributed by atoms with Crippen LogP contribution in [0, 0.1) is 0 Å². The number of nitrogens with zero attached hydrogens (tertiary/aromatic N) is 1. The first-order valence-corrected chi connectivity index (χ1v) is 6.32. The van der Waals surface area contributed by atoms with Crippen molar-refractivity contribution in [3.8, 4) is 5.75 Å². The average molecular weight is 256 g/mol. The van der Waals surface area contributed by atoms with Gasteiger partial charge in [0.15, 0.2) is 0 Å². The Kier molecular flexibility index (Phi) is 3.09. The van der Waals surface area contributed by atoms with Crippen LogP contribution in [0.25, 0.3) is 10.8 Å². The van der Waals surface area contributed by atoms with E-state index in [9.17, 15) is 0 Å². The highest BCUT2D eigenvalue weighted by Crippen LogP contribution is 2.30. The zero-order valence-electron chi connectivity index (χ0n) is 10.8. The predicted molar refractivity (Wildman–Crippen MR) is 75.6 cm³/mol. The Labute approximate surface area is 111 Å².